The van der Waals surface area contributed by atoms with E-state index in [1.807, 2.05) is 6.92 Å². The van der Waals surface area contributed by atoms with Crippen molar-refractivity contribution < 1.29 is 9.47 Å². The monoisotopic (exact) mass is 298 g/mol. The predicted octanol–water partition coefficient (Wildman–Crippen LogP) is 2.79. The fraction of sp³-hybridized carbons (Fsp3) is 1.00. The molecule has 2 heterocycles. The first-order valence-corrected chi connectivity index (χ1v) is 5.77. The van der Waals surface area contributed by atoms with Crippen molar-refractivity contribution >= 4 is 31.9 Å². The lowest BCUT2D eigenvalue weighted by Crippen LogP contribution is -2.47. The molecule has 3 atom stereocenters. The Kier molecular flexibility index (Phi) is 2.11. The molecule has 2 bridgehead atoms. The first-order valence-electron chi connectivity index (χ1n) is 4.18. The summed E-state index contributed by atoms with van der Waals surface area (Å²) in [7, 11) is 0. The van der Waals surface area contributed by atoms with Gasteiger partial charge in [0.2, 0.25) is 0 Å². The summed E-state index contributed by atoms with van der Waals surface area (Å²) in [6, 6.07) is 0. The number of hydrogen-bond donors (Lipinski definition) is 0. The lowest BCUT2D eigenvalue weighted by molar-refractivity contribution is -0.177. The molecule has 0 N–H and O–H groups in total. The topological polar surface area (TPSA) is 18.5 Å². The molecule has 0 unspecified atom stereocenters. The van der Waals surface area contributed by atoms with Crippen LogP contribution < -0.4 is 0 Å². The highest BCUT2D eigenvalue weighted by Crippen LogP contribution is 2.53. The van der Waals surface area contributed by atoms with E-state index in [4.69, 9.17) is 9.47 Å². The Morgan fingerprint density at radius 3 is 2.58 bits per heavy atom. The van der Waals surface area contributed by atoms with E-state index in [1.54, 1.807) is 0 Å². The molecule has 2 aliphatic rings. The van der Waals surface area contributed by atoms with E-state index in [9.17, 15) is 0 Å². The normalized spacial score (nSPS) is 51.0. The van der Waals surface area contributed by atoms with Gasteiger partial charge in [0.05, 0.1) is 12.2 Å². The van der Waals surface area contributed by atoms with Crippen LogP contribution in [-0.2, 0) is 9.47 Å². The number of hydrogen-bond acceptors (Lipinski definition) is 2. The maximum atomic E-state index is 5.80. The molecular formula is C8H12Br2O2. The van der Waals surface area contributed by atoms with Gasteiger partial charge in [0.15, 0.2) is 5.79 Å². The van der Waals surface area contributed by atoms with Crippen LogP contribution in [-0.4, -0.2) is 21.2 Å². The average Bonchev–Trinajstić information content (AvgIpc) is 2.19. The van der Waals surface area contributed by atoms with Crippen molar-refractivity contribution in [3.8, 4) is 0 Å². The minimum atomic E-state index is -0.505. The standard InChI is InChI=1S/C8H12Br2O2/c1-5-6-3-4-8(9,10)7(2,11-5)12-6/h5-6H,3-4H2,1-2H3/t5-,6-,7+/m1/s1. The third-order valence-electron chi connectivity index (χ3n) is 2.72. The highest BCUT2D eigenvalue weighted by molar-refractivity contribution is 9.25. The van der Waals surface area contributed by atoms with Crippen LogP contribution >= 0.6 is 31.9 Å². The highest BCUT2D eigenvalue weighted by atomic mass is 79.9. The number of fused-ring (bicyclic) bond motifs is 2. The summed E-state index contributed by atoms with van der Waals surface area (Å²) < 4.78 is 11.4. The van der Waals surface area contributed by atoms with E-state index in [0.29, 0.717) is 0 Å². The van der Waals surface area contributed by atoms with Crippen molar-refractivity contribution in [1.82, 2.24) is 0 Å². The van der Waals surface area contributed by atoms with Crippen molar-refractivity contribution in [1.29, 1.82) is 0 Å². The molecule has 0 aromatic carbocycles. The fourth-order valence-corrected chi connectivity index (χ4v) is 2.69. The van der Waals surface area contributed by atoms with E-state index in [0.717, 1.165) is 12.8 Å². The van der Waals surface area contributed by atoms with Gasteiger partial charge in [-0.25, -0.2) is 0 Å². The SMILES string of the molecule is C[C@H]1O[C@@]2(C)O[C@@H]1CCC2(Br)Br. The Hall–Kier alpha value is 0.880. The van der Waals surface area contributed by atoms with Crippen LogP contribution in [0.25, 0.3) is 0 Å². The smallest absolute Gasteiger partial charge is 0.191 e. The summed E-state index contributed by atoms with van der Waals surface area (Å²) >= 11 is 7.19. The summed E-state index contributed by atoms with van der Waals surface area (Å²) in [4.78, 5) is 0. The number of alkyl halides is 2. The molecule has 0 aliphatic carbocycles. The Morgan fingerprint density at radius 1 is 1.33 bits per heavy atom. The number of rotatable bonds is 0. The molecule has 0 saturated carbocycles. The summed E-state index contributed by atoms with van der Waals surface area (Å²) in [6.45, 7) is 4.05. The minimum absolute atomic E-state index is 0.214. The number of halogens is 2. The molecule has 0 aromatic heterocycles. The predicted molar refractivity (Wildman–Crippen MR) is 53.6 cm³/mol. The summed E-state index contributed by atoms with van der Waals surface area (Å²) in [5.41, 5.74) is 0. The minimum Gasteiger partial charge on any atom is -0.342 e. The van der Waals surface area contributed by atoms with Gasteiger partial charge in [0, 0.05) is 0 Å². The van der Waals surface area contributed by atoms with E-state index < -0.39 is 5.79 Å². The molecule has 12 heavy (non-hydrogen) atoms. The van der Waals surface area contributed by atoms with Gasteiger partial charge < -0.3 is 9.47 Å². The second-order valence-corrected chi connectivity index (χ2v) is 7.44. The van der Waals surface area contributed by atoms with Crippen molar-refractivity contribution in [2.75, 3.05) is 0 Å². The molecule has 70 valence electrons. The van der Waals surface area contributed by atoms with E-state index in [-0.39, 0.29) is 15.4 Å². The van der Waals surface area contributed by atoms with Crippen molar-refractivity contribution in [3.05, 3.63) is 0 Å². The first kappa shape index (κ1) is 9.44. The molecule has 0 aromatic rings. The Bertz CT molecular complexity index is 203. The average molecular weight is 300 g/mol. The van der Waals surface area contributed by atoms with Crippen molar-refractivity contribution in [2.45, 2.75) is 47.9 Å². The molecule has 2 rings (SSSR count). The molecule has 0 radical (unpaired) electrons. The van der Waals surface area contributed by atoms with Gasteiger partial charge >= 0.3 is 0 Å². The maximum absolute atomic E-state index is 5.80. The Morgan fingerprint density at radius 2 is 2.00 bits per heavy atom. The second-order valence-electron chi connectivity index (χ2n) is 3.67. The van der Waals surface area contributed by atoms with E-state index in [2.05, 4.69) is 38.8 Å². The maximum Gasteiger partial charge on any atom is 0.191 e. The zero-order chi connectivity index (χ0) is 8.98. The van der Waals surface area contributed by atoms with Crippen LogP contribution in [0.3, 0.4) is 0 Å². The third-order valence-corrected chi connectivity index (χ3v) is 4.95. The molecule has 0 amide bonds. The second kappa shape index (κ2) is 2.69. The van der Waals surface area contributed by atoms with Gasteiger partial charge in [-0.15, -0.1) is 0 Å². The van der Waals surface area contributed by atoms with Crippen LogP contribution in [0.15, 0.2) is 0 Å². The fourth-order valence-electron chi connectivity index (χ4n) is 1.86. The Balaban J connectivity index is 2.28. The van der Waals surface area contributed by atoms with Gasteiger partial charge in [0.1, 0.15) is 3.23 Å². The molecule has 2 fully saturated rings. The van der Waals surface area contributed by atoms with Crippen LogP contribution in [0.1, 0.15) is 26.7 Å². The first-order chi connectivity index (χ1) is 5.45. The van der Waals surface area contributed by atoms with Gasteiger partial charge in [-0.3, -0.25) is 0 Å². The van der Waals surface area contributed by atoms with Crippen LogP contribution in [0.5, 0.6) is 0 Å². The van der Waals surface area contributed by atoms with Crippen LogP contribution in [0, 0.1) is 0 Å². The van der Waals surface area contributed by atoms with Crippen LogP contribution in [0.2, 0.25) is 0 Å². The van der Waals surface area contributed by atoms with Crippen molar-refractivity contribution in [2.24, 2.45) is 0 Å². The summed E-state index contributed by atoms with van der Waals surface area (Å²) in [5.74, 6) is -0.505. The molecule has 2 nitrogen and oxygen atoms in total. The molecular weight excluding hydrogens is 288 g/mol. The summed E-state index contributed by atoms with van der Waals surface area (Å²) in [6.07, 6.45) is 2.58. The molecule has 2 saturated heterocycles. The van der Waals surface area contributed by atoms with Crippen molar-refractivity contribution in [3.63, 3.8) is 0 Å². The zero-order valence-electron chi connectivity index (χ0n) is 7.14. The quantitative estimate of drug-likeness (QED) is 0.641. The highest BCUT2D eigenvalue weighted by Gasteiger charge is 2.58. The lowest BCUT2D eigenvalue weighted by atomic mass is 10.0. The Labute approximate surface area is 89.2 Å². The largest absolute Gasteiger partial charge is 0.342 e. The van der Waals surface area contributed by atoms with Gasteiger partial charge in [-0.1, -0.05) is 31.9 Å². The van der Waals surface area contributed by atoms with Gasteiger partial charge in [0.25, 0.3) is 0 Å². The lowest BCUT2D eigenvalue weighted by Gasteiger charge is -2.39. The molecule has 0 spiro atoms. The molecule has 2 aliphatic heterocycles. The molecule has 4 heteroatoms. The van der Waals surface area contributed by atoms with E-state index in [1.165, 1.54) is 0 Å². The third kappa shape index (κ3) is 1.19. The van der Waals surface area contributed by atoms with Crippen LogP contribution in [0.4, 0.5) is 0 Å². The zero-order valence-corrected chi connectivity index (χ0v) is 10.3. The number of ether oxygens (including phenoxy) is 2. The van der Waals surface area contributed by atoms with Gasteiger partial charge in [-0.05, 0) is 26.7 Å². The van der Waals surface area contributed by atoms with Gasteiger partial charge in [-0.2, -0.15) is 0 Å². The summed E-state index contributed by atoms with van der Waals surface area (Å²) in [5, 5.41) is 0. The van der Waals surface area contributed by atoms with E-state index >= 15 is 0 Å².